The van der Waals surface area contributed by atoms with Gasteiger partial charge < -0.3 is 23.6 Å². The van der Waals surface area contributed by atoms with Crippen LogP contribution in [-0.4, -0.2) is 12.7 Å². The largest absolute Gasteiger partial charge is 1.00 e. The summed E-state index contributed by atoms with van der Waals surface area (Å²) in [4.78, 5) is 33.8. The molecule has 7 rings (SSSR count). The molecule has 1 unspecified atom stereocenters. The molecule has 5 aliphatic rings. The monoisotopic (exact) mass is 476 g/mol. The molecule has 2 aromatic carbocycles. The maximum Gasteiger partial charge on any atom is 1.00 e. The quantitative estimate of drug-likeness (QED) is 0.264. The van der Waals surface area contributed by atoms with Crippen LogP contribution in [0.3, 0.4) is 0 Å². The van der Waals surface area contributed by atoms with E-state index in [2.05, 4.69) is 4.52 Å². The Labute approximate surface area is 231 Å². The molecule has 10 heteroatoms. The Morgan fingerprint density at radius 2 is 1.53 bits per heavy atom. The standard InChI is InChI=1S/C22H25O7P.2Na/c1-26-22(21(28-29-22)18-7-13-6-14(9-18)10-19(21)8-13)17-4-2-15-3-5-20(12-16(15)11-17)27-30(23,24)25;;/h2-5,11-14,18-19H,6-10H2,1H3,(H2,23,24,25);;/q;2*+1/p-2. The van der Waals surface area contributed by atoms with Crippen LogP contribution in [0.1, 0.15) is 37.7 Å². The number of hydrogen-bond acceptors (Lipinski definition) is 7. The van der Waals surface area contributed by atoms with E-state index in [9.17, 15) is 14.4 Å². The van der Waals surface area contributed by atoms with Gasteiger partial charge in [0.1, 0.15) is 13.6 Å². The van der Waals surface area contributed by atoms with Gasteiger partial charge in [0.05, 0.1) is 0 Å². The van der Waals surface area contributed by atoms with E-state index in [1.165, 1.54) is 12.5 Å². The third kappa shape index (κ3) is 3.73. The molecule has 7 nitrogen and oxygen atoms in total. The van der Waals surface area contributed by atoms with Crippen molar-refractivity contribution in [3.63, 3.8) is 0 Å². The first-order chi connectivity index (χ1) is 14.3. The predicted molar refractivity (Wildman–Crippen MR) is 103 cm³/mol. The summed E-state index contributed by atoms with van der Waals surface area (Å²) in [6.07, 6.45) is 5.93. The molecule has 1 heterocycles. The first kappa shape index (κ1) is 25.6. The molecule has 0 radical (unpaired) electrons. The minimum absolute atomic E-state index is 0. The van der Waals surface area contributed by atoms with Crippen molar-refractivity contribution in [2.24, 2.45) is 23.7 Å². The van der Waals surface area contributed by atoms with Gasteiger partial charge >= 0.3 is 59.1 Å². The Morgan fingerprint density at radius 1 is 0.906 bits per heavy atom. The van der Waals surface area contributed by atoms with Gasteiger partial charge in [-0.25, -0.2) is 4.89 Å². The summed E-state index contributed by atoms with van der Waals surface area (Å²) >= 11 is 0. The van der Waals surface area contributed by atoms with Gasteiger partial charge in [-0.1, -0.05) is 18.2 Å². The van der Waals surface area contributed by atoms with Crippen LogP contribution in [0.15, 0.2) is 36.4 Å². The maximum absolute atomic E-state index is 11.0. The van der Waals surface area contributed by atoms with Crippen molar-refractivity contribution >= 4 is 18.6 Å². The Bertz CT molecular complexity index is 1040. The van der Waals surface area contributed by atoms with Crippen molar-refractivity contribution in [1.82, 2.24) is 0 Å². The number of phosphoric acid groups is 1. The van der Waals surface area contributed by atoms with E-state index < -0.39 is 19.2 Å². The SMILES string of the molecule is COC1(c2ccc3ccc(OP(=O)([O-])[O-])cc3c2)OOC12C1CC3CC(C1)CC2C3.[Na+].[Na+]. The number of ether oxygens (including phenoxy) is 1. The zero-order chi connectivity index (χ0) is 20.7. The Kier molecular flexibility index (Phi) is 7.11. The van der Waals surface area contributed by atoms with Gasteiger partial charge in [0.2, 0.25) is 0 Å². The molecule has 1 spiro atoms. The number of benzene rings is 2. The number of phosphoric ester groups is 1. The van der Waals surface area contributed by atoms with Crippen LogP contribution >= 0.6 is 7.82 Å². The molecule has 4 aliphatic carbocycles. The van der Waals surface area contributed by atoms with Gasteiger partial charge in [-0.2, -0.15) is 4.89 Å². The van der Waals surface area contributed by atoms with Gasteiger partial charge in [0.25, 0.3) is 5.79 Å². The van der Waals surface area contributed by atoms with Gasteiger partial charge in [-0.3, -0.25) is 0 Å². The molecular formula is C22H23Na2O7P. The molecule has 0 N–H and O–H groups in total. The second kappa shape index (κ2) is 8.88. The molecule has 2 aromatic rings. The average molecular weight is 476 g/mol. The average Bonchev–Trinajstić information content (AvgIpc) is 2.66. The van der Waals surface area contributed by atoms with Crippen LogP contribution in [-0.2, 0) is 24.9 Å². The van der Waals surface area contributed by atoms with Crippen molar-refractivity contribution in [3.8, 4) is 5.75 Å². The molecule has 4 saturated carbocycles. The Hall–Kier alpha value is 0.530. The third-order valence-electron chi connectivity index (χ3n) is 7.86. The molecule has 0 amide bonds. The van der Waals surface area contributed by atoms with Crippen molar-refractivity contribution in [3.05, 3.63) is 42.0 Å². The molecular weight excluding hydrogens is 453 g/mol. The fourth-order valence-corrected chi connectivity index (χ4v) is 7.34. The van der Waals surface area contributed by atoms with E-state index in [4.69, 9.17) is 14.5 Å². The van der Waals surface area contributed by atoms with E-state index >= 15 is 0 Å². The summed E-state index contributed by atoms with van der Waals surface area (Å²) in [5.41, 5.74) is 0.345. The molecule has 1 saturated heterocycles. The summed E-state index contributed by atoms with van der Waals surface area (Å²) in [6.45, 7) is 0. The smallest absolute Gasteiger partial charge is 0.780 e. The van der Waals surface area contributed by atoms with Crippen molar-refractivity contribution in [1.29, 1.82) is 0 Å². The number of hydrogen-bond donors (Lipinski definition) is 0. The van der Waals surface area contributed by atoms with E-state index in [-0.39, 0.29) is 64.9 Å². The van der Waals surface area contributed by atoms with Crippen LogP contribution in [0, 0.1) is 23.7 Å². The molecule has 5 fully saturated rings. The van der Waals surface area contributed by atoms with E-state index in [1.54, 1.807) is 19.2 Å². The minimum atomic E-state index is -5.12. The molecule has 4 bridgehead atoms. The normalized spacial score (nSPS) is 37.0. The van der Waals surface area contributed by atoms with E-state index in [0.29, 0.717) is 11.8 Å². The molecule has 1 atom stereocenters. The van der Waals surface area contributed by atoms with Gasteiger partial charge in [0, 0.05) is 12.7 Å². The molecule has 32 heavy (non-hydrogen) atoms. The van der Waals surface area contributed by atoms with Crippen molar-refractivity contribution in [2.75, 3.05) is 7.11 Å². The summed E-state index contributed by atoms with van der Waals surface area (Å²) in [5, 5.41) is 1.63. The summed E-state index contributed by atoms with van der Waals surface area (Å²) < 4.78 is 21.6. The van der Waals surface area contributed by atoms with Crippen LogP contribution in [0.4, 0.5) is 0 Å². The first-order valence-corrected chi connectivity index (χ1v) is 12.0. The van der Waals surface area contributed by atoms with Crippen LogP contribution in [0.5, 0.6) is 5.75 Å². The fourth-order valence-electron chi connectivity index (χ4n) is 6.97. The fraction of sp³-hybridized carbons (Fsp3) is 0.545. The van der Waals surface area contributed by atoms with E-state index in [1.807, 2.05) is 18.2 Å². The van der Waals surface area contributed by atoms with Gasteiger partial charge in [0.15, 0.2) is 5.60 Å². The van der Waals surface area contributed by atoms with Crippen molar-refractivity contribution in [2.45, 2.75) is 43.5 Å². The second-order valence-electron chi connectivity index (χ2n) is 9.35. The first-order valence-electron chi connectivity index (χ1n) is 10.5. The summed E-state index contributed by atoms with van der Waals surface area (Å²) in [7, 11) is -3.46. The summed E-state index contributed by atoms with van der Waals surface area (Å²) in [6, 6.07) is 10.6. The predicted octanol–water partition coefficient (Wildman–Crippen LogP) is -2.99. The molecule has 1 aliphatic heterocycles. The maximum atomic E-state index is 11.0. The van der Waals surface area contributed by atoms with Crippen LogP contribution in [0.2, 0.25) is 0 Å². The van der Waals surface area contributed by atoms with Crippen molar-refractivity contribution < 1.29 is 92.5 Å². The Morgan fingerprint density at radius 3 is 2.06 bits per heavy atom. The molecule has 0 aromatic heterocycles. The Balaban J connectivity index is 0.00000122. The van der Waals surface area contributed by atoms with E-state index in [0.717, 1.165) is 53.9 Å². The minimum Gasteiger partial charge on any atom is -0.780 e. The second-order valence-corrected chi connectivity index (χ2v) is 10.4. The zero-order valence-corrected chi connectivity index (χ0v) is 23.5. The number of fused-ring (bicyclic) bond motifs is 1. The van der Waals surface area contributed by atoms with Gasteiger partial charge in [-0.15, -0.1) is 0 Å². The van der Waals surface area contributed by atoms with Gasteiger partial charge in [-0.05, 0) is 84.7 Å². The number of rotatable bonds is 4. The third-order valence-corrected chi connectivity index (χ3v) is 8.29. The van der Waals surface area contributed by atoms with Crippen LogP contribution in [0.25, 0.3) is 10.8 Å². The topological polar surface area (TPSA) is 100 Å². The summed E-state index contributed by atoms with van der Waals surface area (Å²) in [5.74, 6) is 1.37. The number of methoxy groups -OCH3 is 1. The van der Waals surface area contributed by atoms with Crippen LogP contribution < -0.4 is 73.4 Å². The molecule has 160 valence electrons. The zero-order valence-electron chi connectivity index (χ0n) is 18.6.